The van der Waals surface area contributed by atoms with E-state index >= 15 is 0 Å². The first-order valence-electron chi connectivity index (χ1n) is 8.73. The number of ether oxygens (including phenoxy) is 1. The number of hydrogen-bond donors (Lipinski definition) is 1. The Morgan fingerprint density at radius 1 is 1.23 bits per heavy atom. The van der Waals surface area contributed by atoms with Gasteiger partial charge in [-0.25, -0.2) is 0 Å². The van der Waals surface area contributed by atoms with Crippen molar-refractivity contribution in [2.24, 2.45) is 0 Å². The van der Waals surface area contributed by atoms with Crippen LogP contribution in [0, 0.1) is 0 Å². The first-order valence-corrected chi connectivity index (χ1v) is 8.73. The average Bonchev–Trinajstić information content (AvgIpc) is 3.10. The van der Waals surface area contributed by atoms with Crippen molar-refractivity contribution in [2.45, 2.75) is 19.5 Å². The molecule has 0 radical (unpaired) electrons. The summed E-state index contributed by atoms with van der Waals surface area (Å²) in [5.41, 5.74) is 2.87. The van der Waals surface area contributed by atoms with Gasteiger partial charge in [-0.15, -0.1) is 0 Å². The maximum atomic E-state index is 12.9. The van der Waals surface area contributed by atoms with Crippen molar-refractivity contribution in [1.29, 1.82) is 0 Å². The summed E-state index contributed by atoms with van der Waals surface area (Å²) in [5.74, 6) is 0.940. The van der Waals surface area contributed by atoms with E-state index in [9.17, 15) is 4.79 Å². The molecule has 1 atom stereocenters. The summed E-state index contributed by atoms with van der Waals surface area (Å²) in [7, 11) is 1.97. The van der Waals surface area contributed by atoms with Gasteiger partial charge in [-0.1, -0.05) is 43.0 Å². The van der Waals surface area contributed by atoms with Crippen molar-refractivity contribution in [3.8, 4) is 5.75 Å². The van der Waals surface area contributed by atoms with Gasteiger partial charge in [0.25, 0.3) is 0 Å². The topological polar surface area (TPSA) is 45.3 Å². The third kappa shape index (κ3) is 3.86. The van der Waals surface area contributed by atoms with Crippen LogP contribution in [0.2, 0.25) is 0 Å². The van der Waals surface area contributed by atoms with Crippen LogP contribution in [-0.2, 0) is 6.54 Å². The van der Waals surface area contributed by atoms with Crippen LogP contribution in [0.4, 0.5) is 0 Å². The SMILES string of the molecule is C=CCOc1ccc(CN(C)[C@H](C)C(=O)c2c[nH]c3ccccc23)cc1. The van der Waals surface area contributed by atoms with Gasteiger partial charge in [0.1, 0.15) is 12.4 Å². The second-order valence-electron chi connectivity index (χ2n) is 6.45. The maximum absolute atomic E-state index is 12.9. The van der Waals surface area contributed by atoms with Crippen molar-refractivity contribution >= 4 is 16.7 Å². The minimum absolute atomic E-state index is 0.121. The monoisotopic (exact) mass is 348 g/mol. The quantitative estimate of drug-likeness (QED) is 0.484. The van der Waals surface area contributed by atoms with Crippen molar-refractivity contribution in [3.63, 3.8) is 0 Å². The van der Waals surface area contributed by atoms with Gasteiger partial charge in [0.2, 0.25) is 0 Å². The molecule has 0 saturated carbocycles. The summed E-state index contributed by atoms with van der Waals surface area (Å²) in [4.78, 5) is 18.2. The van der Waals surface area contributed by atoms with Gasteiger partial charge in [0.15, 0.2) is 5.78 Å². The summed E-state index contributed by atoms with van der Waals surface area (Å²) < 4.78 is 5.50. The number of benzene rings is 2. The highest BCUT2D eigenvalue weighted by Gasteiger charge is 2.22. The van der Waals surface area contributed by atoms with Crippen molar-refractivity contribution in [2.75, 3.05) is 13.7 Å². The predicted octanol–water partition coefficient (Wildman–Crippen LogP) is 4.44. The molecule has 4 heteroatoms. The number of fused-ring (bicyclic) bond motifs is 1. The number of hydrogen-bond acceptors (Lipinski definition) is 3. The maximum Gasteiger partial charge on any atom is 0.181 e. The highest BCUT2D eigenvalue weighted by atomic mass is 16.5. The molecule has 1 N–H and O–H groups in total. The van der Waals surface area contributed by atoms with Gasteiger partial charge in [-0.2, -0.15) is 0 Å². The highest BCUT2D eigenvalue weighted by molar-refractivity contribution is 6.10. The second-order valence-corrected chi connectivity index (χ2v) is 6.45. The Labute approximate surface area is 154 Å². The fourth-order valence-corrected chi connectivity index (χ4v) is 2.97. The number of para-hydroxylation sites is 1. The van der Waals surface area contributed by atoms with Crippen LogP contribution in [0.1, 0.15) is 22.8 Å². The molecule has 3 aromatic rings. The van der Waals surface area contributed by atoms with Gasteiger partial charge in [-0.3, -0.25) is 9.69 Å². The fraction of sp³-hybridized carbons (Fsp3) is 0.227. The van der Waals surface area contributed by atoms with E-state index < -0.39 is 0 Å². The molecule has 0 aliphatic carbocycles. The number of Topliss-reactive ketones (excluding diaryl/α,β-unsaturated/α-hetero) is 1. The Hall–Kier alpha value is -2.85. The third-order valence-corrected chi connectivity index (χ3v) is 4.62. The van der Waals surface area contributed by atoms with Crippen molar-refractivity contribution in [1.82, 2.24) is 9.88 Å². The molecule has 0 aliphatic heterocycles. The van der Waals surface area contributed by atoms with E-state index in [2.05, 4.69) is 16.5 Å². The van der Waals surface area contributed by atoms with Crippen molar-refractivity contribution < 1.29 is 9.53 Å². The number of nitrogens with one attached hydrogen (secondary N) is 1. The molecule has 1 aromatic heterocycles. The van der Waals surface area contributed by atoms with Crippen LogP contribution >= 0.6 is 0 Å². The molecule has 0 aliphatic rings. The summed E-state index contributed by atoms with van der Waals surface area (Å²) in [6, 6.07) is 15.6. The molecule has 0 bridgehead atoms. The van der Waals surface area contributed by atoms with Crippen LogP contribution in [0.15, 0.2) is 67.4 Å². The molecule has 1 heterocycles. The number of H-pyrrole nitrogens is 1. The summed E-state index contributed by atoms with van der Waals surface area (Å²) in [6.07, 6.45) is 3.53. The van der Waals surface area contributed by atoms with E-state index in [0.717, 1.165) is 27.8 Å². The average molecular weight is 348 g/mol. The minimum atomic E-state index is -0.217. The number of aromatic nitrogens is 1. The van der Waals surface area contributed by atoms with E-state index in [1.54, 1.807) is 6.08 Å². The molecule has 2 aromatic carbocycles. The van der Waals surface area contributed by atoms with Gasteiger partial charge in [0.05, 0.1) is 6.04 Å². The lowest BCUT2D eigenvalue weighted by Crippen LogP contribution is -2.35. The fourth-order valence-electron chi connectivity index (χ4n) is 2.97. The largest absolute Gasteiger partial charge is 0.490 e. The van der Waals surface area contributed by atoms with Gasteiger partial charge in [0, 0.05) is 29.2 Å². The van der Waals surface area contributed by atoms with Crippen LogP contribution < -0.4 is 4.74 Å². The van der Waals surface area contributed by atoms with Gasteiger partial charge >= 0.3 is 0 Å². The number of rotatable bonds is 8. The normalized spacial score (nSPS) is 12.3. The molecular formula is C22H24N2O2. The highest BCUT2D eigenvalue weighted by Crippen LogP contribution is 2.21. The molecule has 0 amide bonds. The Morgan fingerprint density at radius 2 is 1.96 bits per heavy atom. The van der Waals surface area contributed by atoms with E-state index in [-0.39, 0.29) is 11.8 Å². The van der Waals surface area contributed by atoms with E-state index in [0.29, 0.717) is 13.2 Å². The molecule has 0 spiro atoms. The molecule has 0 fully saturated rings. The van der Waals surface area contributed by atoms with Crippen LogP contribution in [0.5, 0.6) is 5.75 Å². The standard InChI is InChI=1S/C22H24N2O2/c1-4-13-26-18-11-9-17(10-12-18)15-24(3)16(2)22(25)20-14-23-21-8-6-5-7-19(20)21/h4-12,14,16,23H,1,13,15H2,2-3H3/t16-/m1/s1. The van der Waals surface area contributed by atoms with Gasteiger partial charge < -0.3 is 9.72 Å². The van der Waals surface area contributed by atoms with Crippen molar-refractivity contribution in [3.05, 3.63) is 78.5 Å². The molecule has 0 unspecified atom stereocenters. The van der Waals surface area contributed by atoms with Crippen LogP contribution in [0.3, 0.4) is 0 Å². The molecule has 26 heavy (non-hydrogen) atoms. The Balaban J connectivity index is 1.68. The minimum Gasteiger partial charge on any atom is -0.490 e. The second kappa shape index (κ2) is 8.02. The summed E-state index contributed by atoms with van der Waals surface area (Å²) in [6.45, 7) is 6.78. The molecular weight excluding hydrogens is 324 g/mol. The number of carbonyl (C=O) groups is 1. The van der Waals surface area contributed by atoms with Gasteiger partial charge in [-0.05, 0) is 37.7 Å². The summed E-state index contributed by atoms with van der Waals surface area (Å²) in [5, 5.41) is 0.974. The first kappa shape index (κ1) is 18.0. The smallest absolute Gasteiger partial charge is 0.181 e. The molecule has 4 nitrogen and oxygen atoms in total. The number of ketones is 1. The van der Waals surface area contributed by atoms with Crippen LogP contribution in [-0.4, -0.2) is 35.4 Å². The lowest BCUT2D eigenvalue weighted by atomic mass is 10.0. The van der Waals surface area contributed by atoms with Crippen LogP contribution in [0.25, 0.3) is 10.9 Å². The molecule has 0 saturated heterocycles. The number of likely N-dealkylation sites (N-methyl/N-ethyl adjacent to an activating group) is 1. The van der Waals surface area contributed by atoms with E-state index in [4.69, 9.17) is 4.74 Å². The summed E-state index contributed by atoms with van der Waals surface area (Å²) >= 11 is 0. The number of aromatic amines is 1. The zero-order valence-corrected chi connectivity index (χ0v) is 15.2. The Bertz CT molecular complexity index is 896. The Morgan fingerprint density at radius 3 is 2.69 bits per heavy atom. The Kier molecular flexibility index (Phi) is 5.54. The number of carbonyl (C=O) groups excluding carboxylic acids is 1. The lowest BCUT2D eigenvalue weighted by molar-refractivity contribution is 0.0864. The third-order valence-electron chi connectivity index (χ3n) is 4.62. The first-order chi connectivity index (χ1) is 12.6. The molecule has 134 valence electrons. The number of nitrogens with zero attached hydrogens (tertiary/aromatic N) is 1. The lowest BCUT2D eigenvalue weighted by Gasteiger charge is -2.23. The van der Waals surface area contributed by atoms with E-state index in [1.807, 2.05) is 68.7 Å². The zero-order valence-electron chi connectivity index (χ0n) is 15.2. The predicted molar refractivity (Wildman–Crippen MR) is 106 cm³/mol. The van der Waals surface area contributed by atoms with E-state index in [1.165, 1.54) is 0 Å². The zero-order chi connectivity index (χ0) is 18.5. The molecule has 3 rings (SSSR count).